The lowest BCUT2D eigenvalue weighted by Crippen LogP contribution is -2.17. The van der Waals surface area contributed by atoms with Crippen molar-refractivity contribution in [2.24, 2.45) is 0 Å². The molecule has 1 fully saturated rings. The lowest BCUT2D eigenvalue weighted by Gasteiger charge is -2.17. The van der Waals surface area contributed by atoms with Crippen molar-refractivity contribution >= 4 is 23.0 Å². The number of nitrogens with one attached hydrogen (secondary N) is 2. The molecule has 2 N–H and O–H groups in total. The Morgan fingerprint density at radius 2 is 1.69 bits per heavy atom. The smallest absolute Gasteiger partial charge is 0.274 e. The van der Waals surface area contributed by atoms with Gasteiger partial charge in [-0.05, 0) is 66.9 Å². The molecule has 6 heteroatoms. The highest BCUT2D eigenvalue weighted by Crippen LogP contribution is 2.22. The van der Waals surface area contributed by atoms with Gasteiger partial charge in [0.2, 0.25) is 0 Å². The van der Waals surface area contributed by atoms with Crippen LogP contribution in [0.4, 0.5) is 21.5 Å². The van der Waals surface area contributed by atoms with Crippen LogP contribution >= 0.6 is 0 Å². The standard InChI is InChI=1S/C23H23FN4O/c24-18-5-3-17(4-6-18)16-26-20-11-12-25-22(15-20)23(29)27-19-7-9-21(10-8-19)28-13-1-2-14-28/h3-12,15H,1-2,13-14,16H2,(H,25,26)(H,27,29). The fourth-order valence-corrected chi connectivity index (χ4v) is 3.40. The van der Waals surface area contributed by atoms with E-state index in [-0.39, 0.29) is 11.7 Å². The van der Waals surface area contributed by atoms with Crippen molar-refractivity contribution < 1.29 is 9.18 Å². The molecule has 4 rings (SSSR count). The molecule has 0 radical (unpaired) electrons. The summed E-state index contributed by atoms with van der Waals surface area (Å²) in [6.45, 7) is 2.71. The van der Waals surface area contributed by atoms with Gasteiger partial charge in [0, 0.05) is 42.9 Å². The van der Waals surface area contributed by atoms with Crippen molar-refractivity contribution in [2.75, 3.05) is 28.6 Å². The van der Waals surface area contributed by atoms with Gasteiger partial charge in [0.05, 0.1) is 0 Å². The van der Waals surface area contributed by atoms with Crippen molar-refractivity contribution in [2.45, 2.75) is 19.4 Å². The Morgan fingerprint density at radius 3 is 2.41 bits per heavy atom. The molecule has 1 amide bonds. The highest BCUT2D eigenvalue weighted by molar-refractivity contribution is 6.03. The van der Waals surface area contributed by atoms with Gasteiger partial charge in [0.15, 0.2) is 0 Å². The molecule has 3 aromatic rings. The van der Waals surface area contributed by atoms with Gasteiger partial charge in [0.1, 0.15) is 11.5 Å². The van der Waals surface area contributed by atoms with E-state index in [1.54, 1.807) is 30.5 Å². The van der Waals surface area contributed by atoms with Gasteiger partial charge in [-0.2, -0.15) is 0 Å². The molecular formula is C23H23FN4O. The number of anilines is 3. The molecule has 0 aliphatic carbocycles. The van der Waals surface area contributed by atoms with Gasteiger partial charge in [-0.15, -0.1) is 0 Å². The van der Waals surface area contributed by atoms with Gasteiger partial charge < -0.3 is 15.5 Å². The van der Waals surface area contributed by atoms with Crippen LogP contribution in [-0.2, 0) is 6.54 Å². The fourth-order valence-electron chi connectivity index (χ4n) is 3.40. The van der Waals surface area contributed by atoms with Crippen molar-refractivity contribution in [3.8, 4) is 0 Å². The predicted octanol–water partition coefficient (Wildman–Crippen LogP) is 4.69. The summed E-state index contributed by atoms with van der Waals surface area (Å²) in [5, 5.41) is 6.12. The molecule has 1 saturated heterocycles. The monoisotopic (exact) mass is 390 g/mol. The summed E-state index contributed by atoms with van der Waals surface area (Å²) in [6, 6.07) is 17.7. The third-order valence-electron chi connectivity index (χ3n) is 5.00. The second kappa shape index (κ2) is 8.73. The lowest BCUT2D eigenvalue weighted by atomic mass is 10.2. The number of hydrogen-bond acceptors (Lipinski definition) is 4. The average Bonchev–Trinajstić information content (AvgIpc) is 3.29. The van der Waals surface area contributed by atoms with Gasteiger partial charge in [0.25, 0.3) is 5.91 Å². The first-order chi connectivity index (χ1) is 14.2. The Bertz CT molecular complexity index is 967. The second-order valence-electron chi connectivity index (χ2n) is 7.10. The zero-order valence-corrected chi connectivity index (χ0v) is 16.1. The van der Waals surface area contributed by atoms with Crippen LogP contribution in [0.2, 0.25) is 0 Å². The minimum atomic E-state index is -0.260. The molecule has 0 spiro atoms. The zero-order chi connectivity index (χ0) is 20.1. The van der Waals surface area contributed by atoms with E-state index >= 15 is 0 Å². The predicted molar refractivity (Wildman–Crippen MR) is 114 cm³/mol. The molecule has 0 atom stereocenters. The summed E-state index contributed by atoms with van der Waals surface area (Å²) in [5.74, 6) is -0.519. The van der Waals surface area contributed by atoms with Gasteiger partial charge >= 0.3 is 0 Å². The van der Waals surface area contributed by atoms with E-state index in [1.807, 2.05) is 24.3 Å². The van der Waals surface area contributed by atoms with E-state index in [1.165, 1.54) is 30.7 Å². The van der Waals surface area contributed by atoms with E-state index in [0.717, 1.165) is 30.0 Å². The number of carbonyl (C=O) groups excluding carboxylic acids is 1. The largest absolute Gasteiger partial charge is 0.381 e. The van der Waals surface area contributed by atoms with Crippen molar-refractivity contribution in [3.63, 3.8) is 0 Å². The maximum absolute atomic E-state index is 13.0. The number of carbonyl (C=O) groups is 1. The minimum Gasteiger partial charge on any atom is -0.381 e. The molecule has 1 aliphatic rings. The molecule has 2 heterocycles. The number of halogens is 1. The second-order valence-corrected chi connectivity index (χ2v) is 7.10. The van der Waals surface area contributed by atoms with Crippen LogP contribution in [0, 0.1) is 5.82 Å². The molecule has 148 valence electrons. The van der Waals surface area contributed by atoms with E-state index < -0.39 is 0 Å². The summed E-state index contributed by atoms with van der Waals surface area (Å²) in [6.07, 6.45) is 4.06. The maximum Gasteiger partial charge on any atom is 0.274 e. The van der Waals surface area contributed by atoms with Crippen LogP contribution in [0.1, 0.15) is 28.9 Å². The molecule has 1 aliphatic heterocycles. The zero-order valence-electron chi connectivity index (χ0n) is 16.1. The van der Waals surface area contributed by atoms with E-state index in [0.29, 0.717) is 12.2 Å². The summed E-state index contributed by atoms with van der Waals surface area (Å²) < 4.78 is 13.0. The normalized spacial score (nSPS) is 13.3. The summed E-state index contributed by atoms with van der Waals surface area (Å²) >= 11 is 0. The lowest BCUT2D eigenvalue weighted by molar-refractivity contribution is 0.102. The fraction of sp³-hybridized carbons (Fsp3) is 0.217. The number of nitrogens with zero attached hydrogens (tertiary/aromatic N) is 2. The number of benzene rings is 2. The van der Waals surface area contributed by atoms with Crippen molar-refractivity contribution in [1.82, 2.24) is 4.98 Å². The molecule has 2 aromatic carbocycles. The Balaban J connectivity index is 1.37. The minimum absolute atomic E-state index is 0.259. The topological polar surface area (TPSA) is 57.3 Å². The van der Waals surface area contributed by atoms with E-state index in [9.17, 15) is 9.18 Å². The average molecular weight is 390 g/mol. The Hall–Kier alpha value is -3.41. The number of hydrogen-bond donors (Lipinski definition) is 2. The van der Waals surface area contributed by atoms with Crippen molar-refractivity contribution in [3.05, 3.63) is 83.9 Å². The van der Waals surface area contributed by atoms with E-state index in [2.05, 4.69) is 20.5 Å². The molecule has 29 heavy (non-hydrogen) atoms. The quantitative estimate of drug-likeness (QED) is 0.641. The maximum atomic E-state index is 13.0. The Labute approximate surface area is 169 Å². The number of pyridine rings is 1. The van der Waals surface area contributed by atoms with Crippen LogP contribution in [0.25, 0.3) is 0 Å². The molecule has 0 bridgehead atoms. The third-order valence-corrected chi connectivity index (χ3v) is 5.00. The van der Waals surface area contributed by atoms with Crippen LogP contribution in [-0.4, -0.2) is 24.0 Å². The molecule has 5 nitrogen and oxygen atoms in total. The van der Waals surface area contributed by atoms with Gasteiger partial charge in [-0.25, -0.2) is 4.39 Å². The van der Waals surface area contributed by atoms with Crippen LogP contribution < -0.4 is 15.5 Å². The molecular weight excluding hydrogens is 367 g/mol. The highest BCUT2D eigenvalue weighted by atomic mass is 19.1. The number of aromatic nitrogens is 1. The summed E-state index contributed by atoms with van der Waals surface area (Å²) in [5.41, 5.74) is 3.99. The van der Waals surface area contributed by atoms with Crippen LogP contribution in [0.5, 0.6) is 0 Å². The third kappa shape index (κ3) is 4.90. The highest BCUT2D eigenvalue weighted by Gasteiger charge is 2.13. The van der Waals surface area contributed by atoms with Gasteiger partial charge in [-0.3, -0.25) is 9.78 Å². The number of amides is 1. The summed E-state index contributed by atoms with van der Waals surface area (Å²) in [7, 11) is 0. The SMILES string of the molecule is O=C(Nc1ccc(N2CCCC2)cc1)c1cc(NCc2ccc(F)cc2)ccn1. The molecule has 0 unspecified atom stereocenters. The first-order valence-corrected chi connectivity index (χ1v) is 9.78. The summed E-state index contributed by atoms with van der Waals surface area (Å²) in [4.78, 5) is 19.1. The number of rotatable bonds is 6. The molecule has 0 saturated carbocycles. The Kier molecular flexibility index (Phi) is 5.70. The van der Waals surface area contributed by atoms with Gasteiger partial charge in [-0.1, -0.05) is 12.1 Å². The van der Waals surface area contributed by atoms with Crippen molar-refractivity contribution in [1.29, 1.82) is 0 Å². The first-order valence-electron chi connectivity index (χ1n) is 9.78. The Morgan fingerprint density at radius 1 is 0.966 bits per heavy atom. The first kappa shape index (κ1) is 18.9. The molecule has 1 aromatic heterocycles. The van der Waals surface area contributed by atoms with Crippen LogP contribution in [0.15, 0.2) is 66.9 Å². The van der Waals surface area contributed by atoms with Crippen LogP contribution in [0.3, 0.4) is 0 Å². The van der Waals surface area contributed by atoms with E-state index in [4.69, 9.17) is 0 Å².